The summed E-state index contributed by atoms with van der Waals surface area (Å²) in [6.45, 7) is 16.5. The SMILES string of the molecule is CC(=O)[C@H](Cc1ccccc1)N(CC(=O)OC(C)(C)C)C(=O)CC1CCc2cc(OC(=O)c3ccc(N=C(NC(=O)OC(C)(C)C)NC(=O)OC(C)(C)C)cc3)ccc21. The number of amides is 3. The number of carbonyl (C=O) groups excluding carboxylic acids is 6. The molecule has 0 spiro atoms. The summed E-state index contributed by atoms with van der Waals surface area (Å²) >= 11 is 0. The van der Waals surface area contributed by atoms with Crippen LogP contribution in [-0.4, -0.2) is 76.1 Å². The highest BCUT2D eigenvalue weighted by Crippen LogP contribution is 2.38. The van der Waals surface area contributed by atoms with Gasteiger partial charge in [0.2, 0.25) is 11.9 Å². The van der Waals surface area contributed by atoms with Gasteiger partial charge in [0, 0.05) is 6.42 Å². The van der Waals surface area contributed by atoms with E-state index in [0.29, 0.717) is 24.3 Å². The zero-order valence-electron chi connectivity index (χ0n) is 35.6. The Bertz CT molecular complexity index is 2010. The molecule has 0 bridgehead atoms. The minimum atomic E-state index is -0.856. The molecule has 2 N–H and O–H groups in total. The summed E-state index contributed by atoms with van der Waals surface area (Å²) in [6, 6.07) is 19.8. The second-order valence-electron chi connectivity index (χ2n) is 17.4. The molecule has 3 amide bonds. The van der Waals surface area contributed by atoms with Gasteiger partial charge in [-0.1, -0.05) is 36.4 Å². The van der Waals surface area contributed by atoms with E-state index in [1.54, 1.807) is 74.4 Å². The lowest BCUT2D eigenvalue weighted by Crippen LogP contribution is -2.49. The van der Waals surface area contributed by atoms with Crippen LogP contribution >= 0.6 is 0 Å². The van der Waals surface area contributed by atoms with Crippen LogP contribution in [0.3, 0.4) is 0 Å². The number of alkyl carbamates (subject to hydrolysis) is 2. The Balaban J connectivity index is 1.46. The van der Waals surface area contributed by atoms with Gasteiger partial charge in [0.05, 0.1) is 17.3 Å². The number of Topliss-reactive ketones (excluding diaryl/α,β-unsaturated/α-hetero) is 1. The molecule has 1 aliphatic carbocycles. The van der Waals surface area contributed by atoms with E-state index in [1.165, 1.54) is 36.1 Å². The number of aliphatic imine (C=N–C) groups is 1. The van der Waals surface area contributed by atoms with Crippen molar-refractivity contribution in [2.24, 2.45) is 4.99 Å². The average Bonchev–Trinajstić information content (AvgIpc) is 3.49. The lowest BCUT2D eigenvalue weighted by Gasteiger charge is -2.32. The number of rotatable bonds is 11. The maximum absolute atomic E-state index is 14.0. The third-order valence-corrected chi connectivity index (χ3v) is 8.69. The quantitative estimate of drug-likeness (QED) is 0.0640. The van der Waals surface area contributed by atoms with Crippen LogP contribution in [0.5, 0.6) is 5.75 Å². The van der Waals surface area contributed by atoms with Gasteiger partial charge in [0.15, 0.2) is 5.78 Å². The van der Waals surface area contributed by atoms with Gasteiger partial charge in [0.25, 0.3) is 0 Å². The molecule has 14 nitrogen and oxygen atoms in total. The number of nitrogens with one attached hydrogen (secondary N) is 2. The normalized spacial score (nSPS) is 14.2. The molecule has 0 radical (unpaired) electrons. The largest absolute Gasteiger partial charge is 0.459 e. The number of guanidine groups is 1. The van der Waals surface area contributed by atoms with Gasteiger partial charge in [-0.15, -0.1) is 0 Å². The van der Waals surface area contributed by atoms with E-state index in [2.05, 4.69) is 15.6 Å². The third kappa shape index (κ3) is 15.0. The van der Waals surface area contributed by atoms with Crippen LogP contribution in [0.4, 0.5) is 15.3 Å². The molecule has 0 saturated carbocycles. The van der Waals surface area contributed by atoms with Crippen molar-refractivity contribution in [2.75, 3.05) is 6.54 Å². The highest BCUT2D eigenvalue weighted by atomic mass is 16.6. The first-order valence-electron chi connectivity index (χ1n) is 19.5. The Morgan fingerprint density at radius 3 is 1.88 bits per heavy atom. The molecule has 2 atom stereocenters. The van der Waals surface area contributed by atoms with Crippen LogP contribution in [0.25, 0.3) is 0 Å². The Hall–Kier alpha value is -6.05. The Labute approximate surface area is 346 Å². The smallest absolute Gasteiger partial charge is 0.414 e. The number of aryl methyl sites for hydroxylation is 1. The zero-order chi connectivity index (χ0) is 43.7. The van der Waals surface area contributed by atoms with Crippen molar-refractivity contribution in [3.63, 3.8) is 0 Å². The second kappa shape index (κ2) is 19.1. The number of carbonyl (C=O) groups is 6. The van der Waals surface area contributed by atoms with Crippen LogP contribution in [0.2, 0.25) is 0 Å². The van der Waals surface area contributed by atoms with E-state index in [-0.39, 0.29) is 48.5 Å². The van der Waals surface area contributed by atoms with Gasteiger partial charge in [0.1, 0.15) is 29.1 Å². The molecule has 3 aromatic carbocycles. The van der Waals surface area contributed by atoms with Crippen LogP contribution in [0.1, 0.15) is 115 Å². The molecule has 59 heavy (non-hydrogen) atoms. The first-order chi connectivity index (χ1) is 27.4. The Morgan fingerprint density at radius 1 is 0.763 bits per heavy atom. The Morgan fingerprint density at radius 2 is 1.34 bits per heavy atom. The fourth-order valence-corrected chi connectivity index (χ4v) is 6.34. The topological polar surface area (TPSA) is 179 Å². The molecule has 0 aromatic heterocycles. The molecule has 14 heteroatoms. The lowest BCUT2D eigenvalue weighted by atomic mass is 9.95. The number of benzene rings is 3. The first kappa shape index (κ1) is 45.6. The molecule has 3 aromatic rings. The second-order valence-corrected chi connectivity index (χ2v) is 17.4. The molecule has 0 aliphatic heterocycles. The zero-order valence-corrected chi connectivity index (χ0v) is 35.6. The van der Waals surface area contributed by atoms with E-state index >= 15 is 0 Å². The number of esters is 2. The Kier molecular flexibility index (Phi) is 14.8. The van der Waals surface area contributed by atoms with Crippen molar-refractivity contribution in [1.29, 1.82) is 0 Å². The molecule has 0 fully saturated rings. The van der Waals surface area contributed by atoms with Gasteiger partial charge < -0.3 is 23.8 Å². The number of nitrogens with zero attached hydrogens (tertiary/aromatic N) is 2. The number of ether oxygens (including phenoxy) is 4. The van der Waals surface area contributed by atoms with Crippen molar-refractivity contribution >= 4 is 47.5 Å². The lowest BCUT2D eigenvalue weighted by molar-refractivity contribution is -0.160. The highest BCUT2D eigenvalue weighted by Gasteiger charge is 2.34. The van der Waals surface area contributed by atoms with Crippen molar-refractivity contribution in [3.05, 3.63) is 95.1 Å². The average molecular weight is 813 g/mol. The predicted octanol–water partition coefficient (Wildman–Crippen LogP) is 7.73. The first-order valence-corrected chi connectivity index (χ1v) is 19.5. The summed E-state index contributed by atoms with van der Waals surface area (Å²) in [5.41, 5.74) is 0.840. The van der Waals surface area contributed by atoms with Gasteiger partial charge in [-0.2, -0.15) is 0 Å². The fourth-order valence-electron chi connectivity index (χ4n) is 6.34. The van der Waals surface area contributed by atoms with E-state index in [4.69, 9.17) is 18.9 Å². The molecule has 0 saturated heterocycles. The van der Waals surface area contributed by atoms with Crippen LogP contribution < -0.4 is 15.4 Å². The van der Waals surface area contributed by atoms with Crippen LogP contribution in [0.15, 0.2) is 77.8 Å². The fraction of sp³-hybridized carbons (Fsp3) is 0.444. The summed E-state index contributed by atoms with van der Waals surface area (Å²) in [5, 5.41) is 4.83. The van der Waals surface area contributed by atoms with Crippen molar-refractivity contribution < 1.29 is 47.7 Å². The molecule has 4 rings (SSSR count). The highest BCUT2D eigenvalue weighted by molar-refractivity contribution is 6.02. The third-order valence-electron chi connectivity index (χ3n) is 8.69. The molecule has 1 unspecified atom stereocenters. The minimum absolute atomic E-state index is 0.0740. The van der Waals surface area contributed by atoms with Crippen LogP contribution in [-0.2, 0) is 41.4 Å². The molecular weight excluding hydrogens is 757 g/mol. The van der Waals surface area contributed by atoms with Gasteiger partial charge in [-0.25, -0.2) is 19.4 Å². The van der Waals surface area contributed by atoms with Gasteiger partial charge in [-0.05, 0) is 148 Å². The van der Waals surface area contributed by atoms with Crippen LogP contribution in [0, 0.1) is 0 Å². The van der Waals surface area contributed by atoms with Crippen molar-refractivity contribution in [3.8, 4) is 5.75 Å². The molecule has 1 aliphatic rings. The van der Waals surface area contributed by atoms with Crippen molar-refractivity contribution in [1.82, 2.24) is 15.5 Å². The van der Waals surface area contributed by atoms with E-state index in [0.717, 1.165) is 16.7 Å². The standard InChI is InChI=1S/C45H56N4O10/c1-28(50)36(24-29-14-12-11-13-15-29)49(27-38(52)57-43(2,3)4)37(51)26-32-17-16-31-25-34(22-23-35(31)32)56-39(53)30-18-20-33(21-19-30)46-40(47-41(54)58-44(5,6)7)48-42(55)59-45(8,9)10/h11-15,18-23,25,32,36H,16-17,24,26-27H2,1-10H3,(H2,46,47,48,54,55)/t32?,36-/m0/s1. The number of fused-ring (bicyclic) bond motifs is 1. The summed E-state index contributed by atoms with van der Waals surface area (Å²) in [5.74, 6) is -1.90. The number of ketones is 1. The number of hydrogen-bond acceptors (Lipinski definition) is 11. The van der Waals surface area contributed by atoms with E-state index in [1.807, 2.05) is 36.4 Å². The molecule has 316 valence electrons. The van der Waals surface area contributed by atoms with Crippen molar-refractivity contribution in [2.45, 2.75) is 124 Å². The summed E-state index contributed by atoms with van der Waals surface area (Å²) in [6.07, 6.45) is -0.0774. The van der Waals surface area contributed by atoms with Gasteiger partial charge >= 0.3 is 24.1 Å². The summed E-state index contributed by atoms with van der Waals surface area (Å²) in [4.78, 5) is 83.8. The molecular formula is C45H56N4O10. The van der Waals surface area contributed by atoms with E-state index < -0.39 is 47.0 Å². The monoisotopic (exact) mass is 812 g/mol. The number of hydrogen-bond donors (Lipinski definition) is 2. The summed E-state index contributed by atoms with van der Waals surface area (Å²) in [7, 11) is 0. The maximum Gasteiger partial charge on any atom is 0.414 e. The van der Waals surface area contributed by atoms with E-state index in [9.17, 15) is 28.8 Å². The maximum atomic E-state index is 14.0. The minimum Gasteiger partial charge on any atom is -0.459 e. The van der Waals surface area contributed by atoms with Gasteiger partial charge in [-0.3, -0.25) is 25.0 Å². The molecule has 0 heterocycles. The predicted molar refractivity (Wildman–Crippen MR) is 222 cm³/mol. The summed E-state index contributed by atoms with van der Waals surface area (Å²) < 4.78 is 21.8.